The van der Waals surface area contributed by atoms with E-state index < -0.39 is 17.2 Å². The number of nitrogens with one attached hydrogen (secondary N) is 1. The normalized spacial score (nSPS) is 16.7. The number of hydrogen-bond acceptors (Lipinski definition) is 5. The molecule has 0 amide bonds. The highest BCUT2D eigenvalue weighted by molar-refractivity contribution is 5.72. The molecule has 3 heterocycles. The van der Waals surface area contributed by atoms with E-state index in [0.29, 0.717) is 30.0 Å². The Morgan fingerprint density at radius 3 is 2.74 bits per heavy atom. The molecule has 0 fully saturated rings. The molecule has 34 heavy (non-hydrogen) atoms. The van der Waals surface area contributed by atoms with E-state index in [1.54, 1.807) is 6.07 Å². The maximum Gasteiger partial charge on any atom is 0.179 e. The number of nitrogens with zero attached hydrogens (tertiary/aromatic N) is 3. The molecule has 2 aromatic carbocycles. The first-order chi connectivity index (χ1) is 16.2. The minimum atomic E-state index is -0.578. The standard InChI is InChI=1S/C27H30F2N4O/c1-16(2)33-15-27(3,4)34-26-21(28)11-19(12-23(26)33)25-22(29)14-31-24(32-25)10-17-5-6-18-7-8-30-13-20(18)9-17/h5-6,9,11-12,14,16,30H,7-8,10,13,15H2,1-4H3. The zero-order valence-electron chi connectivity index (χ0n) is 20.1. The van der Waals surface area contributed by atoms with Gasteiger partial charge in [-0.2, -0.15) is 0 Å². The van der Waals surface area contributed by atoms with Crippen molar-refractivity contribution in [3.63, 3.8) is 0 Å². The summed E-state index contributed by atoms with van der Waals surface area (Å²) in [5.41, 5.74) is 4.26. The van der Waals surface area contributed by atoms with Crippen molar-refractivity contribution in [2.75, 3.05) is 18.0 Å². The lowest BCUT2D eigenvalue weighted by molar-refractivity contribution is 0.0967. The summed E-state index contributed by atoms with van der Waals surface area (Å²) in [7, 11) is 0. The molecule has 0 saturated carbocycles. The molecule has 5 nitrogen and oxygen atoms in total. The molecule has 0 atom stereocenters. The van der Waals surface area contributed by atoms with E-state index in [9.17, 15) is 4.39 Å². The summed E-state index contributed by atoms with van der Waals surface area (Å²) in [6.07, 6.45) is 2.67. The number of fused-ring (bicyclic) bond motifs is 2. The summed E-state index contributed by atoms with van der Waals surface area (Å²) in [5.74, 6) is -0.402. The smallest absolute Gasteiger partial charge is 0.179 e. The molecule has 7 heteroatoms. The van der Waals surface area contributed by atoms with Crippen molar-refractivity contribution in [2.45, 2.75) is 58.7 Å². The molecule has 0 unspecified atom stereocenters. The number of benzene rings is 2. The molecule has 0 saturated heterocycles. The summed E-state index contributed by atoms with van der Waals surface area (Å²) in [6.45, 7) is 10.4. The monoisotopic (exact) mass is 464 g/mol. The number of halogens is 2. The van der Waals surface area contributed by atoms with Crippen LogP contribution in [0.2, 0.25) is 0 Å². The summed E-state index contributed by atoms with van der Waals surface area (Å²) in [4.78, 5) is 10.8. The van der Waals surface area contributed by atoms with Gasteiger partial charge < -0.3 is 15.0 Å². The van der Waals surface area contributed by atoms with Crippen LogP contribution in [-0.4, -0.2) is 34.7 Å². The topological polar surface area (TPSA) is 50.3 Å². The van der Waals surface area contributed by atoms with Crippen molar-refractivity contribution in [2.24, 2.45) is 0 Å². The Hall–Kier alpha value is -3.06. The molecule has 0 aliphatic carbocycles. The minimum Gasteiger partial charge on any atom is -0.481 e. The van der Waals surface area contributed by atoms with Crippen LogP contribution in [0.3, 0.4) is 0 Å². The fourth-order valence-corrected chi connectivity index (χ4v) is 4.81. The summed E-state index contributed by atoms with van der Waals surface area (Å²) < 4.78 is 36.0. The molecule has 178 valence electrons. The average molecular weight is 465 g/mol. The number of ether oxygens (including phenoxy) is 1. The van der Waals surface area contributed by atoms with Crippen LogP contribution in [0.1, 0.15) is 50.2 Å². The van der Waals surface area contributed by atoms with Crippen molar-refractivity contribution in [1.29, 1.82) is 0 Å². The van der Waals surface area contributed by atoms with Gasteiger partial charge in [-0.1, -0.05) is 18.2 Å². The van der Waals surface area contributed by atoms with Gasteiger partial charge in [-0.3, -0.25) is 0 Å². The van der Waals surface area contributed by atoms with Crippen LogP contribution in [0.25, 0.3) is 11.3 Å². The van der Waals surface area contributed by atoms with E-state index in [1.807, 2.05) is 27.7 Å². The number of anilines is 1. The van der Waals surface area contributed by atoms with Gasteiger partial charge in [0.05, 0.1) is 18.4 Å². The molecule has 0 bridgehead atoms. The fraction of sp³-hybridized carbons (Fsp3) is 0.407. The Kier molecular flexibility index (Phi) is 5.76. The Bertz CT molecular complexity index is 1240. The zero-order valence-corrected chi connectivity index (χ0v) is 20.1. The third-order valence-corrected chi connectivity index (χ3v) is 6.47. The van der Waals surface area contributed by atoms with Gasteiger partial charge in [0.2, 0.25) is 0 Å². The quantitative estimate of drug-likeness (QED) is 0.586. The lowest BCUT2D eigenvalue weighted by Crippen LogP contribution is -2.49. The molecular formula is C27H30F2N4O. The average Bonchev–Trinajstić information content (AvgIpc) is 2.80. The second kappa shape index (κ2) is 8.62. The van der Waals surface area contributed by atoms with Gasteiger partial charge in [-0.05, 0) is 69.5 Å². The number of hydrogen-bond donors (Lipinski definition) is 1. The first kappa shape index (κ1) is 22.7. The summed E-state index contributed by atoms with van der Waals surface area (Å²) in [5, 5.41) is 3.39. The summed E-state index contributed by atoms with van der Waals surface area (Å²) >= 11 is 0. The highest BCUT2D eigenvalue weighted by atomic mass is 19.1. The van der Waals surface area contributed by atoms with Crippen molar-refractivity contribution >= 4 is 5.69 Å². The molecule has 3 aromatic rings. The van der Waals surface area contributed by atoms with Crippen LogP contribution in [0, 0.1) is 11.6 Å². The minimum absolute atomic E-state index is 0.0971. The molecule has 1 N–H and O–H groups in total. The maximum atomic E-state index is 15.2. The molecule has 0 radical (unpaired) electrons. The molecular weight excluding hydrogens is 434 g/mol. The Labute approximate surface area is 199 Å². The van der Waals surface area contributed by atoms with E-state index in [1.165, 1.54) is 23.4 Å². The third kappa shape index (κ3) is 4.37. The molecule has 2 aliphatic rings. The molecule has 1 aromatic heterocycles. The molecule has 2 aliphatic heterocycles. The van der Waals surface area contributed by atoms with Crippen LogP contribution in [0.4, 0.5) is 14.5 Å². The third-order valence-electron chi connectivity index (χ3n) is 6.47. The predicted octanol–water partition coefficient (Wildman–Crippen LogP) is 5.04. The van der Waals surface area contributed by atoms with Gasteiger partial charge >= 0.3 is 0 Å². The highest BCUT2D eigenvalue weighted by Crippen LogP contribution is 2.42. The van der Waals surface area contributed by atoms with Crippen LogP contribution >= 0.6 is 0 Å². The van der Waals surface area contributed by atoms with Gasteiger partial charge in [0, 0.05) is 24.6 Å². The number of rotatable bonds is 4. The van der Waals surface area contributed by atoms with Crippen molar-refractivity contribution in [1.82, 2.24) is 15.3 Å². The Morgan fingerprint density at radius 2 is 1.94 bits per heavy atom. The summed E-state index contributed by atoms with van der Waals surface area (Å²) in [6, 6.07) is 9.59. The molecule has 5 rings (SSSR count). The van der Waals surface area contributed by atoms with Gasteiger partial charge in [-0.15, -0.1) is 0 Å². The predicted molar refractivity (Wildman–Crippen MR) is 129 cm³/mol. The largest absolute Gasteiger partial charge is 0.481 e. The van der Waals surface area contributed by atoms with Gasteiger partial charge in [0.15, 0.2) is 17.4 Å². The number of aromatic nitrogens is 2. The van der Waals surface area contributed by atoms with E-state index in [2.05, 4.69) is 38.4 Å². The van der Waals surface area contributed by atoms with Crippen molar-refractivity contribution in [3.8, 4) is 17.0 Å². The second-order valence-corrected chi connectivity index (χ2v) is 10.1. The Morgan fingerprint density at radius 1 is 1.12 bits per heavy atom. The second-order valence-electron chi connectivity index (χ2n) is 10.1. The van der Waals surface area contributed by atoms with Gasteiger partial charge in [-0.25, -0.2) is 18.7 Å². The lowest BCUT2D eigenvalue weighted by atomic mass is 9.97. The van der Waals surface area contributed by atoms with Crippen molar-refractivity contribution in [3.05, 3.63) is 70.7 Å². The fourth-order valence-electron chi connectivity index (χ4n) is 4.81. The van der Waals surface area contributed by atoms with E-state index in [0.717, 1.165) is 25.1 Å². The van der Waals surface area contributed by atoms with Crippen LogP contribution in [0.15, 0.2) is 36.5 Å². The van der Waals surface area contributed by atoms with E-state index in [-0.39, 0.29) is 17.5 Å². The van der Waals surface area contributed by atoms with Crippen LogP contribution in [0.5, 0.6) is 5.75 Å². The van der Waals surface area contributed by atoms with Gasteiger partial charge in [0.25, 0.3) is 0 Å². The first-order valence-electron chi connectivity index (χ1n) is 11.8. The SMILES string of the molecule is CC(C)N1CC(C)(C)Oc2c(F)cc(-c3nc(Cc4ccc5c(c4)CNCC5)ncc3F)cc21. The lowest BCUT2D eigenvalue weighted by Gasteiger charge is -2.43. The maximum absolute atomic E-state index is 15.2. The van der Waals surface area contributed by atoms with Crippen LogP contribution in [-0.2, 0) is 19.4 Å². The first-order valence-corrected chi connectivity index (χ1v) is 11.8. The van der Waals surface area contributed by atoms with Gasteiger partial charge in [0.1, 0.15) is 17.1 Å². The zero-order chi connectivity index (χ0) is 24.0. The molecule has 0 spiro atoms. The van der Waals surface area contributed by atoms with Crippen molar-refractivity contribution < 1.29 is 13.5 Å². The van der Waals surface area contributed by atoms with E-state index >= 15 is 4.39 Å². The van der Waals surface area contributed by atoms with E-state index in [4.69, 9.17) is 4.74 Å². The Balaban J connectivity index is 1.51. The highest BCUT2D eigenvalue weighted by Gasteiger charge is 2.35. The van der Waals surface area contributed by atoms with Crippen LogP contribution < -0.4 is 15.0 Å².